The van der Waals surface area contributed by atoms with Crippen LogP contribution in [0, 0.1) is 6.92 Å². The van der Waals surface area contributed by atoms with Crippen molar-refractivity contribution in [2.75, 3.05) is 0 Å². The molecule has 1 aromatic carbocycles. The summed E-state index contributed by atoms with van der Waals surface area (Å²) in [6.45, 7) is 3.41. The zero-order chi connectivity index (χ0) is 12.3. The average molecular weight is 360 g/mol. The molecule has 2 aromatic rings. The van der Waals surface area contributed by atoms with E-state index in [-0.39, 0.29) is 0 Å². The highest BCUT2D eigenvalue weighted by atomic mass is 79.9. The lowest BCUT2D eigenvalue weighted by Gasteiger charge is -2.04. The molecular formula is C12H12Br2N2O. The summed E-state index contributed by atoms with van der Waals surface area (Å²) in [5, 5.41) is 7.24. The van der Waals surface area contributed by atoms with Gasteiger partial charge in [0.15, 0.2) is 0 Å². The van der Waals surface area contributed by atoms with Gasteiger partial charge in [0.2, 0.25) is 0 Å². The van der Waals surface area contributed by atoms with Crippen molar-refractivity contribution in [1.82, 2.24) is 10.5 Å². The maximum atomic E-state index is 5.00. The highest BCUT2D eigenvalue weighted by Crippen LogP contribution is 2.23. The minimum Gasteiger partial charge on any atom is -0.361 e. The van der Waals surface area contributed by atoms with Gasteiger partial charge in [0.1, 0.15) is 5.76 Å². The van der Waals surface area contributed by atoms with E-state index in [4.69, 9.17) is 4.52 Å². The van der Waals surface area contributed by atoms with Gasteiger partial charge < -0.3 is 9.84 Å². The molecule has 0 fully saturated rings. The molecule has 0 aliphatic rings. The van der Waals surface area contributed by atoms with Gasteiger partial charge in [-0.3, -0.25) is 0 Å². The maximum absolute atomic E-state index is 5.00. The van der Waals surface area contributed by atoms with Crippen LogP contribution < -0.4 is 5.32 Å². The van der Waals surface area contributed by atoms with Crippen molar-refractivity contribution < 1.29 is 4.52 Å². The van der Waals surface area contributed by atoms with E-state index in [2.05, 4.69) is 54.5 Å². The van der Waals surface area contributed by atoms with Gasteiger partial charge in [-0.15, -0.1) is 0 Å². The van der Waals surface area contributed by atoms with Gasteiger partial charge in [-0.2, -0.15) is 0 Å². The van der Waals surface area contributed by atoms with Crippen molar-refractivity contribution in [3.8, 4) is 0 Å². The van der Waals surface area contributed by atoms with E-state index >= 15 is 0 Å². The lowest BCUT2D eigenvalue weighted by atomic mass is 10.2. The summed E-state index contributed by atoms with van der Waals surface area (Å²) in [4.78, 5) is 0. The number of hydrogen-bond acceptors (Lipinski definition) is 3. The van der Waals surface area contributed by atoms with Crippen LogP contribution in [0.1, 0.15) is 17.0 Å². The molecule has 3 nitrogen and oxygen atoms in total. The molecular weight excluding hydrogens is 348 g/mol. The first kappa shape index (κ1) is 12.8. The van der Waals surface area contributed by atoms with Crippen molar-refractivity contribution in [3.63, 3.8) is 0 Å². The first-order chi connectivity index (χ1) is 8.15. The van der Waals surface area contributed by atoms with E-state index in [9.17, 15) is 0 Å². The van der Waals surface area contributed by atoms with Gasteiger partial charge in [-0.25, -0.2) is 0 Å². The van der Waals surface area contributed by atoms with Crippen LogP contribution in [0.5, 0.6) is 0 Å². The SMILES string of the molecule is Cc1cc(CNCc2ccc(Br)c(Br)c2)no1. The Morgan fingerprint density at radius 1 is 1.18 bits per heavy atom. The molecule has 0 saturated heterocycles. The van der Waals surface area contributed by atoms with Crippen LogP contribution in [0.15, 0.2) is 37.7 Å². The molecule has 1 heterocycles. The summed E-state index contributed by atoms with van der Waals surface area (Å²) in [6, 6.07) is 8.13. The fourth-order valence-corrected chi connectivity index (χ4v) is 2.16. The Morgan fingerprint density at radius 3 is 2.65 bits per heavy atom. The van der Waals surface area contributed by atoms with Crippen molar-refractivity contribution in [2.24, 2.45) is 0 Å². The van der Waals surface area contributed by atoms with E-state index in [1.54, 1.807) is 0 Å². The minimum atomic E-state index is 0.713. The zero-order valence-electron chi connectivity index (χ0n) is 9.34. The summed E-state index contributed by atoms with van der Waals surface area (Å²) in [6.07, 6.45) is 0. The van der Waals surface area contributed by atoms with Crippen LogP contribution in [0.2, 0.25) is 0 Å². The maximum Gasteiger partial charge on any atom is 0.133 e. The van der Waals surface area contributed by atoms with Crippen molar-refractivity contribution in [1.29, 1.82) is 0 Å². The smallest absolute Gasteiger partial charge is 0.133 e. The third kappa shape index (κ3) is 3.66. The molecule has 0 unspecified atom stereocenters. The largest absolute Gasteiger partial charge is 0.361 e. The van der Waals surface area contributed by atoms with E-state index in [1.807, 2.05) is 19.1 Å². The second-order valence-corrected chi connectivity index (χ2v) is 5.49. The zero-order valence-corrected chi connectivity index (χ0v) is 12.5. The number of halogens is 2. The lowest BCUT2D eigenvalue weighted by Crippen LogP contribution is -2.12. The van der Waals surface area contributed by atoms with Crippen LogP contribution in [-0.2, 0) is 13.1 Å². The molecule has 0 bridgehead atoms. The highest BCUT2D eigenvalue weighted by Gasteiger charge is 2.01. The molecule has 1 N–H and O–H groups in total. The Morgan fingerprint density at radius 2 is 2.00 bits per heavy atom. The summed E-state index contributed by atoms with van der Waals surface area (Å²) in [7, 11) is 0. The summed E-state index contributed by atoms with van der Waals surface area (Å²) < 4.78 is 7.13. The first-order valence-electron chi connectivity index (χ1n) is 5.22. The molecule has 0 spiro atoms. The van der Waals surface area contributed by atoms with Crippen LogP contribution >= 0.6 is 31.9 Å². The van der Waals surface area contributed by atoms with Crippen LogP contribution in [0.3, 0.4) is 0 Å². The number of rotatable bonds is 4. The summed E-state index contributed by atoms with van der Waals surface area (Å²) >= 11 is 6.93. The predicted octanol–water partition coefficient (Wildman–Crippen LogP) is 3.80. The average Bonchev–Trinajstić information content (AvgIpc) is 2.70. The quantitative estimate of drug-likeness (QED) is 0.902. The van der Waals surface area contributed by atoms with E-state index in [1.165, 1.54) is 5.56 Å². The Kier molecular flexibility index (Phi) is 4.36. The van der Waals surface area contributed by atoms with E-state index < -0.39 is 0 Å². The number of aryl methyl sites for hydroxylation is 1. The number of benzene rings is 1. The molecule has 0 saturated carbocycles. The number of nitrogens with zero attached hydrogens (tertiary/aromatic N) is 1. The topological polar surface area (TPSA) is 38.1 Å². The van der Waals surface area contributed by atoms with Gasteiger partial charge in [-0.1, -0.05) is 11.2 Å². The monoisotopic (exact) mass is 358 g/mol. The first-order valence-corrected chi connectivity index (χ1v) is 6.80. The van der Waals surface area contributed by atoms with E-state index in [0.29, 0.717) is 6.54 Å². The van der Waals surface area contributed by atoms with E-state index in [0.717, 1.165) is 26.9 Å². The van der Waals surface area contributed by atoms with Crippen molar-refractivity contribution >= 4 is 31.9 Å². The lowest BCUT2D eigenvalue weighted by molar-refractivity contribution is 0.388. The van der Waals surface area contributed by atoms with Crippen LogP contribution in [0.4, 0.5) is 0 Å². The number of aromatic nitrogens is 1. The molecule has 2 rings (SSSR count). The molecule has 0 radical (unpaired) electrons. The molecule has 1 aromatic heterocycles. The molecule has 0 aliphatic heterocycles. The Bertz CT molecular complexity index is 511. The van der Waals surface area contributed by atoms with Gasteiger partial charge >= 0.3 is 0 Å². The third-order valence-corrected chi connectivity index (χ3v) is 4.18. The van der Waals surface area contributed by atoms with Gasteiger partial charge in [-0.05, 0) is 56.5 Å². The number of hydrogen-bond donors (Lipinski definition) is 1. The van der Waals surface area contributed by atoms with Gasteiger partial charge in [0.25, 0.3) is 0 Å². The summed E-state index contributed by atoms with van der Waals surface area (Å²) in [5.41, 5.74) is 2.15. The Balaban J connectivity index is 1.87. The Labute approximate surface area is 117 Å². The van der Waals surface area contributed by atoms with Gasteiger partial charge in [0.05, 0.1) is 5.69 Å². The standard InChI is InChI=1S/C12H12Br2N2O/c1-8-4-10(16-17-8)7-15-6-9-2-3-11(13)12(14)5-9/h2-5,15H,6-7H2,1H3. The molecule has 0 aliphatic carbocycles. The number of nitrogens with one attached hydrogen (secondary N) is 1. The van der Waals surface area contributed by atoms with Crippen LogP contribution in [-0.4, -0.2) is 5.16 Å². The third-order valence-electron chi connectivity index (χ3n) is 2.30. The molecule has 5 heteroatoms. The van der Waals surface area contributed by atoms with Crippen molar-refractivity contribution in [2.45, 2.75) is 20.0 Å². The molecule has 0 atom stereocenters. The summed E-state index contributed by atoms with van der Waals surface area (Å²) in [5.74, 6) is 0.841. The normalized spacial score (nSPS) is 10.8. The second kappa shape index (κ2) is 5.80. The second-order valence-electron chi connectivity index (χ2n) is 3.78. The predicted molar refractivity (Wildman–Crippen MR) is 73.6 cm³/mol. The Hall–Kier alpha value is -0.650. The fraction of sp³-hybridized carbons (Fsp3) is 0.250. The highest BCUT2D eigenvalue weighted by molar-refractivity contribution is 9.13. The van der Waals surface area contributed by atoms with Crippen LogP contribution in [0.25, 0.3) is 0 Å². The van der Waals surface area contributed by atoms with Gasteiger partial charge in [0, 0.05) is 28.1 Å². The molecule has 0 amide bonds. The van der Waals surface area contributed by atoms with Crippen molar-refractivity contribution in [3.05, 3.63) is 50.2 Å². The fourth-order valence-electron chi connectivity index (χ4n) is 1.49. The molecule has 90 valence electrons. The molecule has 17 heavy (non-hydrogen) atoms. The minimum absolute atomic E-state index is 0.713.